The van der Waals surface area contributed by atoms with E-state index in [1.807, 2.05) is 31.3 Å². The Morgan fingerprint density at radius 2 is 2.33 bits per heavy atom. The van der Waals surface area contributed by atoms with Gasteiger partial charge < -0.3 is 10.6 Å². The number of amides is 2. The molecule has 0 saturated heterocycles. The number of carbonyl (C=O) groups is 1. The molecular formula is C15H17BrN4O. The molecule has 3 N–H and O–H groups in total. The fourth-order valence-electron chi connectivity index (χ4n) is 2.63. The number of hydrogen-bond donors (Lipinski definition) is 3. The summed E-state index contributed by atoms with van der Waals surface area (Å²) >= 11 is 3.50. The zero-order valence-corrected chi connectivity index (χ0v) is 13.3. The summed E-state index contributed by atoms with van der Waals surface area (Å²) in [6, 6.07) is 5.78. The summed E-state index contributed by atoms with van der Waals surface area (Å²) in [5.41, 5.74) is 4.26. The molecule has 1 aliphatic carbocycles. The number of anilines is 1. The van der Waals surface area contributed by atoms with E-state index in [1.54, 1.807) is 0 Å². The van der Waals surface area contributed by atoms with E-state index >= 15 is 0 Å². The van der Waals surface area contributed by atoms with Gasteiger partial charge in [0, 0.05) is 16.2 Å². The fraction of sp³-hybridized carbons (Fsp3) is 0.333. The van der Waals surface area contributed by atoms with Gasteiger partial charge in [0.05, 0.1) is 11.9 Å². The van der Waals surface area contributed by atoms with Gasteiger partial charge >= 0.3 is 6.03 Å². The van der Waals surface area contributed by atoms with Crippen LogP contribution in [0.2, 0.25) is 0 Å². The van der Waals surface area contributed by atoms with Gasteiger partial charge in [-0.15, -0.1) is 0 Å². The van der Waals surface area contributed by atoms with Crippen molar-refractivity contribution in [2.45, 2.75) is 32.2 Å². The van der Waals surface area contributed by atoms with E-state index in [4.69, 9.17) is 0 Å². The number of halogens is 1. The molecule has 110 valence electrons. The van der Waals surface area contributed by atoms with E-state index < -0.39 is 0 Å². The molecule has 6 heteroatoms. The van der Waals surface area contributed by atoms with Crippen molar-refractivity contribution in [3.63, 3.8) is 0 Å². The highest BCUT2D eigenvalue weighted by Gasteiger charge is 2.21. The van der Waals surface area contributed by atoms with Crippen LogP contribution >= 0.6 is 15.9 Å². The van der Waals surface area contributed by atoms with Gasteiger partial charge in [0.1, 0.15) is 0 Å². The van der Waals surface area contributed by atoms with E-state index in [9.17, 15) is 4.79 Å². The van der Waals surface area contributed by atoms with E-state index in [0.29, 0.717) is 0 Å². The van der Waals surface area contributed by atoms with Crippen LogP contribution < -0.4 is 10.6 Å². The van der Waals surface area contributed by atoms with Crippen LogP contribution in [0.5, 0.6) is 0 Å². The summed E-state index contributed by atoms with van der Waals surface area (Å²) in [6.45, 7) is 1.99. The molecule has 2 aromatic rings. The van der Waals surface area contributed by atoms with Crippen LogP contribution in [-0.4, -0.2) is 22.3 Å². The van der Waals surface area contributed by atoms with Crippen LogP contribution in [-0.2, 0) is 12.8 Å². The minimum Gasteiger partial charge on any atom is -0.335 e. The first-order chi connectivity index (χ1) is 10.1. The second kappa shape index (κ2) is 5.89. The van der Waals surface area contributed by atoms with Crippen LogP contribution in [0.25, 0.3) is 0 Å². The third-order valence-electron chi connectivity index (χ3n) is 3.79. The molecule has 1 atom stereocenters. The van der Waals surface area contributed by atoms with E-state index in [1.165, 1.54) is 11.3 Å². The molecule has 3 rings (SSSR count). The molecule has 0 bridgehead atoms. The molecule has 0 spiro atoms. The van der Waals surface area contributed by atoms with Gasteiger partial charge in [-0.3, -0.25) is 5.10 Å². The number of rotatable bonds is 2. The Morgan fingerprint density at radius 3 is 3.19 bits per heavy atom. The minimum atomic E-state index is -0.168. The number of benzene rings is 1. The summed E-state index contributed by atoms with van der Waals surface area (Å²) in [6.07, 6.45) is 4.53. The van der Waals surface area contributed by atoms with Gasteiger partial charge in [0.2, 0.25) is 0 Å². The summed E-state index contributed by atoms with van der Waals surface area (Å²) in [4.78, 5) is 12.1. The van der Waals surface area contributed by atoms with Crippen molar-refractivity contribution >= 4 is 27.6 Å². The van der Waals surface area contributed by atoms with Gasteiger partial charge in [-0.25, -0.2) is 4.79 Å². The van der Waals surface area contributed by atoms with Crippen molar-refractivity contribution in [1.82, 2.24) is 15.5 Å². The Balaban J connectivity index is 1.61. The third kappa shape index (κ3) is 3.10. The van der Waals surface area contributed by atoms with Gasteiger partial charge in [-0.1, -0.05) is 12.1 Å². The molecule has 0 radical (unpaired) electrons. The third-order valence-corrected chi connectivity index (χ3v) is 4.84. The lowest BCUT2D eigenvalue weighted by Crippen LogP contribution is -2.41. The molecule has 0 aliphatic heterocycles. The van der Waals surface area contributed by atoms with Crippen LogP contribution in [0, 0.1) is 6.92 Å². The lowest BCUT2D eigenvalue weighted by molar-refractivity contribution is 0.247. The Morgan fingerprint density at radius 1 is 1.48 bits per heavy atom. The molecule has 1 aromatic carbocycles. The van der Waals surface area contributed by atoms with Crippen LogP contribution in [0.4, 0.5) is 10.5 Å². The maximum atomic E-state index is 12.1. The van der Waals surface area contributed by atoms with Crippen LogP contribution in [0.1, 0.15) is 23.2 Å². The quantitative estimate of drug-likeness (QED) is 0.780. The maximum Gasteiger partial charge on any atom is 0.319 e. The Hall–Kier alpha value is -1.82. The number of nitrogens with zero attached hydrogens (tertiary/aromatic N) is 1. The Bertz CT molecular complexity index is 667. The zero-order chi connectivity index (χ0) is 14.8. The normalized spacial score (nSPS) is 17.1. The molecule has 0 saturated carbocycles. The first kappa shape index (κ1) is 14.1. The van der Waals surface area contributed by atoms with Crippen molar-refractivity contribution in [3.05, 3.63) is 45.7 Å². The summed E-state index contributed by atoms with van der Waals surface area (Å²) in [7, 11) is 0. The average Bonchev–Trinajstić information content (AvgIpc) is 2.91. The molecule has 0 unspecified atom stereocenters. The topological polar surface area (TPSA) is 69.8 Å². The highest BCUT2D eigenvalue weighted by atomic mass is 79.9. The number of fused-ring (bicyclic) bond motifs is 1. The molecule has 2 amide bonds. The van der Waals surface area contributed by atoms with E-state index in [0.717, 1.165) is 35.0 Å². The van der Waals surface area contributed by atoms with Crippen molar-refractivity contribution in [1.29, 1.82) is 0 Å². The molecule has 1 aliphatic rings. The number of hydrogen-bond acceptors (Lipinski definition) is 2. The second-order valence-electron chi connectivity index (χ2n) is 5.35. The van der Waals surface area contributed by atoms with Gasteiger partial charge in [-0.05, 0) is 59.3 Å². The number of aromatic amines is 1. The zero-order valence-electron chi connectivity index (χ0n) is 11.7. The predicted molar refractivity (Wildman–Crippen MR) is 85.4 cm³/mol. The van der Waals surface area contributed by atoms with E-state index in [2.05, 4.69) is 36.8 Å². The first-order valence-electron chi connectivity index (χ1n) is 6.97. The number of aromatic nitrogens is 2. The molecular weight excluding hydrogens is 332 g/mol. The highest BCUT2D eigenvalue weighted by Crippen LogP contribution is 2.25. The van der Waals surface area contributed by atoms with Crippen LogP contribution in [0.15, 0.2) is 28.9 Å². The number of aryl methyl sites for hydroxylation is 2. The first-order valence-corrected chi connectivity index (χ1v) is 7.76. The fourth-order valence-corrected chi connectivity index (χ4v) is 2.99. The predicted octanol–water partition coefficient (Wildman–Crippen LogP) is 3.16. The standard InChI is InChI=1S/C15H17BrN4O/c1-9-3-2-4-13(14(9)16)19-15(21)18-11-5-6-12-10(7-11)8-17-20-12/h2-4,8,11H,5-7H2,1H3,(H,17,20)(H2,18,19,21)/t11-/m0/s1. The van der Waals surface area contributed by atoms with Gasteiger partial charge in [0.25, 0.3) is 0 Å². The molecule has 21 heavy (non-hydrogen) atoms. The molecule has 0 fully saturated rings. The lowest BCUT2D eigenvalue weighted by atomic mass is 9.94. The SMILES string of the molecule is Cc1cccc(NC(=O)N[C@H]2CCc3[nH]ncc3C2)c1Br. The van der Waals surface area contributed by atoms with Crippen molar-refractivity contribution < 1.29 is 4.79 Å². The average molecular weight is 349 g/mol. The number of urea groups is 1. The lowest BCUT2D eigenvalue weighted by Gasteiger charge is -2.23. The number of nitrogens with one attached hydrogen (secondary N) is 3. The Labute approximate surface area is 131 Å². The van der Waals surface area contributed by atoms with Crippen LogP contribution in [0.3, 0.4) is 0 Å². The second-order valence-corrected chi connectivity index (χ2v) is 6.14. The van der Waals surface area contributed by atoms with Gasteiger partial charge in [0.15, 0.2) is 0 Å². The van der Waals surface area contributed by atoms with Gasteiger partial charge in [-0.2, -0.15) is 5.10 Å². The Kier molecular flexibility index (Phi) is 3.96. The summed E-state index contributed by atoms with van der Waals surface area (Å²) in [5.74, 6) is 0. The van der Waals surface area contributed by atoms with Crippen molar-refractivity contribution in [3.8, 4) is 0 Å². The minimum absolute atomic E-state index is 0.152. The molecule has 1 aromatic heterocycles. The molecule has 1 heterocycles. The van der Waals surface area contributed by atoms with E-state index in [-0.39, 0.29) is 12.1 Å². The monoisotopic (exact) mass is 348 g/mol. The maximum absolute atomic E-state index is 12.1. The number of H-pyrrole nitrogens is 1. The van der Waals surface area contributed by atoms with Crippen molar-refractivity contribution in [2.24, 2.45) is 0 Å². The summed E-state index contributed by atoms with van der Waals surface area (Å²) < 4.78 is 0.918. The highest BCUT2D eigenvalue weighted by molar-refractivity contribution is 9.10. The summed E-state index contributed by atoms with van der Waals surface area (Å²) in [5, 5.41) is 13.0. The van der Waals surface area contributed by atoms with Crippen molar-refractivity contribution in [2.75, 3.05) is 5.32 Å². The smallest absolute Gasteiger partial charge is 0.319 e. The number of carbonyl (C=O) groups excluding carboxylic acids is 1. The largest absolute Gasteiger partial charge is 0.335 e. The molecule has 5 nitrogen and oxygen atoms in total.